The van der Waals surface area contributed by atoms with Crippen molar-refractivity contribution in [1.82, 2.24) is 4.98 Å². The summed E-state index contributed by atoms with van der Waals surface area (Å²) >= 11 is 0. The predicted molar refractivity (Wildman–Crippen MR) is 64.4 cm³/mol. The summed E-state index contributed by atoms with van der Waals surface area (Å²) in [5, 5.41) is 0. The van der Waals surface area contributed by atoms with Crippen molar-refractivity contribution in [3.63, 3.8) is 0 Å². The molecule has 4 nitrogen and oxygen atoms in total. The summed E-state index contributed by atoms with van der Waals surface area (Å²) in [5.41, 5.74) is 1.73. The predicted octanol–water partition coefficient (Wildman–Crippen LogP) is 0.936. The van der Waals surface area contributed by atoms with E-state index in [1.165, 1.54) is 0 Å². The van der Waals surface area contributed by atoms with Gasteiger partial charge in [0.25, 0.3) is 0 Å². The molecule has 0 amide bonds. The third-order valence-electron chi connectivity index (χ3n) is 3.15. The SMILES string of the molecule is Cc1cccnc1CC(=O)C1CCS(=O)(=O)C1. The second-order valence-corrected chi connectivity index (χ2v) is 6.74. The molecule has 2 heterocycles. The third kappa shape index (κ3) is 2.91. The maximum Gasteiger partial charge on any atom is 0.151 e. The van der Waals surface area contributed by atoms with Gasteiger partial charge in [0.1, 0.15) is 5.78 Å². The van der Waals surface area contributed by atoms with Crippen LogP contribution in [-0.4, -0.2) is 30.7 Å². The molecule has 0 N–H and O–H groups in total. The van der Waals surface area contributed by atoms with Crippen molar-refractivity contribution in [2.24, 2.45) is 5.92 Å². The van der Waals surface area contributed by atoms with Gasteiger partial charge in [0.15, 0.2) is 9.84 Å². The number of nitrogens with zero attached hydrogens (tertiary/aromatic N) is 1. The fraction of sp³-hybridized carbons (Fsp3) is 0.500. The van der Waals surface area contributed by atoms with Crippen LogP contribution in [0.5, 0.6) is 0 Å². The first kappa shape index (κ1) is 12.2. The van der Waals surface area contributed by atoms with Gasteiger partial charge in [0.2, 0.25) is 0 Å². The molecule has 0 saturated carbocycles. The number of ketones is 1. The fourth-order valence-electron chi connectivity index (χ4n) is 2.06. The number of pyridine rings is 1. The van der Waals surface area contributed by atoms with E-state index in [0.717, 1.165) is 11.3 Å². The summed E-state index contributed by atoms with van der Waals surface area (Å²) in [6, 6.07) is 3.73. The maximum absolute atomic E-state index is 12.0. The molecule has 2 rings (SSSR count). The minimum Gasteiger partial charge on any atom is -0.299 e. The van der Waals surface area contributed by atoms with Gasteiger partial charge in [-0.05, 0) is 25.0 Å². The average Bonchev–Trinajstić information content (AvgIpc) is 2.62. The highest BCUT2D eigenvalue weighted by Crippen LogP contribution is 2.21. The highest BCUT2D eigenvalue weighted by molar-refractivity contribution is 7.91. The van der Waals surface area contributed by atoms with Gasteiger partial charge < -0.3 is 0 Å². The molecule has 1 fully saturated rings. The Morgan fingerprint density at radius 2 is 2.29 bits per heavy atom. The summed E-state index contributed by atoms with van der Waals surface area (Å²) < 4.78 is 22.6. The zero-order chi connectivity index (χ0) is 12.5. The van der Waals surface area contributed by atoms with Gasteiger partial charge in [0, 0.05) is 18.5 Å². The summed E-state index contributed by atoms with van der Waals surface area (Å²) in [5.74, 6) is -0.184. The maximum atomic E-state index is 12.0. The first-order valence-electron chi connectivity index (χ1n) is 5.61. The standard InChI is InChI=1S/C12H15NO3S/c1-9-3-2-5-13-11(9)7-12(14)10-4-6-17(15,16)8-10/h2-3,5,10H,4,6-8H2,1H3. The highest BCUT2D eigenvalue weighted by Gasteiger charge is 2.32. The van der Waals surface area contributed by atoms with Gasteiger partial charge in [-0.15, -0.1) is 0 Å². The monoisotopic (exact) mass is 253 g/mol. The Hall–Kier alpha value is -1.23. The highest BCUT2D eigenvalue weighted by atomic mass is 32.2. The molecular weight excluding hydrogens is 238 g/mol. The zero-order valence-electron chi connectivity index (χ0n) is 9.72. The number of aryl methyl sites for hydroxylation is 1. The molecular formula is C12H15NO3S. The number of carbonyl (C=O) groups is 1. The molecule has 1 aromatic heterocycles. The van der Waals surface area contributed by atoms with Crippen LogP contribution in [0.2, 0.25) is 0 Å². The van der Waals surface area contributed by atoms with Crippen molar-refractivity contribution in [3.8, 4) is 0 Å². The lowest BCUT2D eigenvalue weighted by atomic mass is 9.98. The molecule has 1 aliphatic rings. The van der Waals surface area contributed by atoms with Crippen LogP contribution in [0.15, 0.2) is 18.3 Å². The number of hydrogen-bond acceptors (Lipinski definition) is 4. The van der Waals surface area contributed by atoms with Gasteiger partial charge in [-0.1, -0.05) is 6.07 Å². The average molecular weight is 253 g/mol. The van der Waals surface area contributed by atoms with Crippen molar-refractivity contribution in [2.75, 3.05) is 11.5 Å². The molecule has 5 heteroatoms. The van der Waals surface area contributed by atoms with Gasteiger partial charge in [0.05, 0.1) is 17.2 Å². The van der Waals surface area contributed by atoms with E-state index < -0.39 is 9.84 Å². The van der Waals surface area contributed by atoms with Crippen molar-refractivity contribution in [3.05, 3.63) is 29.6 Å². The first-order valence-corrected chi connectivity index (χ1v) is 7.44. The van der Waals surface area contributed by atoms with Crippen molar-refractivity contribution in [2.45, 2.75) is 19.8 Å². The number of carbonyl (C=O) groups excluding carboxylic acids is 1. The van der Waals surface area contributed by atoms with E-state index in [1.807, 2.05) is 19.1 Å². The lowest BCUT2D eigenvalue weighted by Crippen LogP contribution is -2.19. The van der Waals surface area contributed by atoms with E-state index in [1.54, 1.807) is 6.20 Å². The molecule has 1 atom stereocenters. The largest absolute Gasteiger partial charge is 0.299 e. The van der Waals surface area contributed by atoms with Crippen LogP contribution in [0.25, 0.3) is 0 Å². The molecule has 0 aliphatic carbocycles. The normalized spacial score (nSPS) is 22.5. The van der Waals surface area contributed by atoms with Crippen LogP contribution >= 0.6 is 0 Å². The Kier molecular flexibility index (Phi) is 3.28. The Morgan fingerprint density at radius 1 is 1.53 bits per heavy atom. The zero-order valence-corrected chi connectivity index (χ0v) is 10.5. The van der Waals surface area contributed by atoms with Gasteiger partial charge in [-0.25, -0.2) is 8.42 Å². The number of sulfone groups is 1. The third-order valence-corrected chi connectivity index (χ3v) is 4.92. The Morgan fingerprint density at radius 3 is 2.88 bits per heavy atom. The first-order chi connectivity index (χ1) is 7.98. The molecule has 1 saturated heterocycles. The number of hydrogen-bond donors (Lipinski definition) is 0. The van der Waals surface area contributed by atoms with Crippen LogP contribution in [0.4, 0.5) is 0 Å². The molecule has 1 unspecified atom stereocenters. The summed E-state index contributed by atoms with van der Waals surface area (Å²) in [4.78, 5) is 16.1. The minimum absolute atomic E-state index is 0.00660. The van der Waals surface area contributed by atoms with E-state index in [0.29, 0.717) is 6.42 Å². The van der Waals surface area contributed by atoms with Gasteiger partial charge in [-0.3, -0.25) is 9.78 Å². The van der Waals surface area contributed by atoms with Crippen LogP contribution in [-0.2, 0) is 21.1 Å². The van der Waals surface area contributed by atoms with Gasteiger partial charge >= 0.3 is 0 Å². The van der Waals surface area contributed by atoms with Gasteiger partial charge in [-0.2, -0.15) is 0 Å². The van der Waals surface area contributed by atoms with Crippen LogP contribution in [0, 0.1) is 12.8 Å². The van der Waals surface area contributed by atoms with Crippen molar-refractivity contribution >= 4 is 15.6 Å². The Labute approximate surface area is 101 Å². The quantitative estimate of drug-likeness (QED) is 0.804. The van der Waals surface area contributed by atoms with E-state index in [2.05, 4.69) is 4.98 Å². The molecule has 0 spiro atoms. The van der Waals surface area contributed by atoms with E-state index in [9.17, 15) is 13.2 Å². The molecule has 1 aliphatic heterocycles. The Bertz CT molecular complexity index is 536. The van der Waals surface area contributed by atoms with Crippen LogP contribution in [0.1, 0.15) is 17.7 Å². The second-order valence-electron chi connectivity index (χ2n) is 4.51. The van der Waals surface area contributed by atoms with Crippen molar-refractivity contribution in [1.29, 1.82) is 0 Å². The van der Waals surface area contributed by atoms with Crippen LogP contribution < -0.4 is 0 Å². The molecule has 17 heavy (non-hydrogen) atoms. The van der Waals surface area contributed by atoms with E-state index >= 15 is 0 Å². The van der Waals surface area contributed by atoms with E-state index in [4.69, 9.17) is 0 Å². The smallest absolute Gasteiger partial charge is 0.151 e. The topological polar surface area (TPSA) is 64.1 Å². The second kappa shape index (κ2) is 4.56. The van der Waals surface area contributed by atoms with E-state index in [-0.39, 0.29) is 29.6 Å². The van der Waals surface area contributed by atoms with Crippen LogP contribution in [0.3, 0.4) is 0 Å². The summed E-state index contributed by atoms with van der Waals surface area (Å²) in [6.07, 6.45) is 2.36. The molecule has 0 radical (unpaired) electrons. The molecule has 92 valence electrons. The van der Waals surface area contributed by atoms with Crippen molar-refractivity contribution < 1.29 is 13.2 Å². The lowest BCUT2D eigenvalue weighted by Gasteiger charge is -2.07. The minimum atomic E-state index is -2.98. The number of rotatable bonds is 3. The number of Topliss-reactive ketones (excluding diaryl/α,β-unsaturated/α-hetero) is 1. The Balaban J connectivity index is 2.06. The summed E-state index contributed by atoms with van der Waals surface area (Å²) in [6.45, 7) is 1.90. The molecule has 1 aromatic rings. The molecule has 0 aromatic carbocycles. The summed E-state index contributed by atoms with van der Waals surface area (Å²) in [7, 11) is -2.98. The molecule has 0 bridgehead atoms. The lowest BCUT2D eigenvalue weighted by molar-refractivity contribution is -0.121. The fourth-order valence-corrected chi connectivity index (χ4v) is 3.84. The number of aromatic nitrogens is 1.